The van der Waals surface area contributed by atoms with Gasteiger partial charge in [0.05, 0.1) is 12.7 Å². The van der Waals surface area contributed by atoms with Crippen LogP contribution in [-0.2, 0) is 0 Å². The number of nitrogens with one attached hydrogen (secondary N) is 2. The van der Waals surface area contributed by atoms with Crippen molar-refractivity contribution in [3.63, 3.8) is 0 Å². The molecular weight excluding hydrogens is 294 g/mol. The van der Waals surface area contributed by atoms with Crippen LogP contribution in [0.1, 0.15) is 5.56 Å². The van der Waals surface area contributed by atoms with Crippen LogP contribution in [0.3, 0.4) is 0 Å². The molecular formula is C9H11BrN3O2S+. The van der Waals surface area contributed by atoms with E-state index in [-0.39, 0.29) is 10.9 Å². The Labute approximate surface area is 106 Å². The number of phenols is 1. The Morgan fingerprint density at radius 3 is 2.94 bits per heavy atom. The predicted octanol–water partition coefficient (Wildman–Crippen LogP) is -0.589. The summed E-state index contributed by atoms with van der Waals surface area (Å²) in [5, 5.41) is 12.5. The summed E-state index contributed by atoms with van der Waals surface area (Å²) >= 11 is 7.90. The van der Waals surface area contributed by atoms with Gasteiger partial charge < -0.3 is 15.6 Å². The summed E-state index contributed by atoms with van der Waals surface area (Å²) in [6.45, 7) is 0. The highest BCUT2D eigenvalue weighted by Gasteiger charge is 2.09. The largest absolute Gasteiger partial charge is 0.504 e. The molecule has 0 radical (unpaired) electrons. The molecule has 5 nitrogen and oxygen atoms in total. The van der Waals surface area contributed by atoms with Crippen molar-refractivity contribution in [1.29, 1.82) is 0 Å². The maximum absolute atomic E-state index is 9.77. The first-order valence-electron chi connectivity index (χ1n) is 4.25. The molecule has 86 valence electrons. The molecule has 0 unspecified atom stereocenters. The summed E-state index contributed by atoms with van der Waals surface area (Å²) in [5.74, 6) is 0.403. The van der Waals surface area contributed by atoms with Crippen LogP contribution in [0.5, 0.6) is 11.5 Å². The molecule has 0 saturated carbocycles. The lowest BCUT2D eigenvalue weighted by molar-refractivity contribution is -0.499. The first kappa shape index (κ1) is 12.7. The molecule has 0 saturated heterocycles. The van der Waals surface area contributed by atoms with Crippen molar-refractivity contribution in [2.24, 2.45) is 5.73 Å². The molecule has 0 aromatic heterocycles. The number of nitrogens with two attached hydrogens (primary N) is 1. The average Bonchev–Trinajstić information content (AvgIpc) is 2.22. The molecule has 0 bridgehead atoms. The molecule has 16 heavy (non-hydrogen) atoms. The van der Waals surface area contributed by atoms with E-state index in [0.29, 0.717) is 11.3 Å². The van der Waals surface area contributed by atoms with Crippen molar-refractivity contribution < 1.29 is 14.9 Å². The Kier molecular flexibility index (Phi) is 4.51. The van der Waals surface area contributed by atoms with E-state index in [1.54, 1.807) is 12.1 Å². The molecule has 0 fully saturated rings. The van der Waals surface area contributed by atoms with Gasteiger partial charge in [0.25, 0.3) is 0 Å². The van der Waals surface area contributed by atoms with Crippen molar-refractivity contribution in [3.05, 3.63) is 22.2 Å². The summed E-state index contributed by atoms with van der Waals surface area (Å²) in [6.07, 6.45) is 1.52. The van der Waals surface area contributed by atoms with Gasteiger partial charge >= 0.3 is 0 Å². The standard InChI is InChI=1S/C9H10BrN3O2S/c1-15-7-3-6(10)2-5(8(7)14)4-12-13-9(11)16/h2-4,14H,1H3,(H3,11,13,16)/p+1. The van der Waals surface area contributed by atoms with Crippen LogP contribution in [-0.4, -0.2) is 23.5 Å². The van der Waals surface area contributed by atoms with Gasteiger partial charge in [-0.3, -0.25) is 0 Å². The van der Waals surface area contributed by atoms with Crippen LogP contribution in [0.2, 0.25) is 0 Å². The summed E-state index contributed by atoms with van der Waals surface area (Å²) in [7, 11) is 1.48. The van der Waals surface area contributed by atoms with E-state index in [1.807, 2.05) is 0 Å². The van der Waals surface area contributed by atoms with E-state index < -0.39 is 0 Å². The Morgan fingerprint density at radius 2 is 2.38 bits per heavy atom. The highest BCUT2D eigenvalue weighted by Crippen LogP contribution is 2.32. The van der Waals surface area contributed by atoms with Gasteiger partial charge in [0.1, 0.15) is 0 Å². The maximum atomic E-state index is 9.77. The Morgan fingerprint density at radius 1 is 1.69 bits per heavy atom. The zero-order valence-electron chi connectivity index (χ0n) is 8.45. The Hall–Kier alpha value is -1.34. The van der Waals surface area contributed by atoms with Crippen molar-refractivity contribution in [1.82, 2.24) is 5.43 Å². The van der Waals surface area contributed by atoms with E-state index in [2.05, 4.69) is 38.7 Å². The molecule has 1 aromatic carbocycles. The van der Waals surface area contributed by atoms with Crippen LogP contribution < -0.4 is 21.0 Å². The van der Waals surface area contributed by atoms with E-state index in [0.717, 1.165) is 4.47 Å². The molecule has 0 spiro atoms. The van der Waals surface area contributed by atoms with Crippen LogP contribution in [0.25, 0.3) is 0 Å². The fourth-order valence-corrected chi connectivity index (χ4v) is 1.56. The first-order valence-corrected chi connectivity index (χ1v) is 5.45. The van der Waals surface area contributed by atoms with E-state index in [1.165, 1.54) is 13.3 Å². The second kappa shape index (κ2) is 5.66. The lowest BCUT2D eigenvalue weighted by atomic mass is 10.2. The predicted molar refractivity (Wildman–Crippen MR) is 68.4 cm³/mol. The molecule has 7 heteroatoms. The quantitative estimate of drug-likeness (QED) is 0.341. The number of rotatable bonds is 3. The normalized spacial score (nSPS) is 10.4. The molecule has 0 atom stereocenters. The van der Waals surface area contributed by atoms with E-state index in [9.17, 15) is 5.11 Å². The Bertz CT molecular complexity index is 437. The number of methoxy groups -OCH3 is 1. The first-order chi connectivity index (χ1) is 7.54. The second-order valence-electron chi connectivity index (χ2n) is 2.82. The van der Waals surface area contributed by atoms with Crippen molar-refractivity contribution in [2.75, 3.05) is 7.11 Å². The molecule has 0 heterocycles. The average molecular weight is 305 g/mol. The number of ether oxygens (including phenoxy) is 1. The summed E-state index contributed by atoms with van der Waals surface area (Å²) in [5.41, 5.74) is 8.27. The highest BCUT2D eigenvalue weighted by atomic mass is 79.9. The Balaban J connectivity index is 2.99. The highest BCUT2D eigenvalue weighted by molar-refractivity contribution is 9.10. The number of phenolic OH excluding ortho intramolecular Hbond substituents is 1. The lowest BCUT2D eigenvalue weighted by Crippen LogP contribution is -2.82. The number of halogens is 1. The molecule has 0 aliphatic heterocycles. The molecule has 0 aliphatic rings. The molecule has 1 rings (SSSR count). The van der Waals surface area contributed by atoms with Gasteiger partial charge in [-0.05, 0) is 24.4 Å². The van der Waals surface area contributed by atoms with Crippen LogP contribution in [0.4, 0.5) is 0 Å². The topological polar surface area (TPSA) is 81.5 Å². The third-order valence-electron chi connectivity index (χ3n) is 1.71. The summed E-state index contributed by atoms with van der Waals surface area (Å²) in [6, 6.07) is 3.37. The molecule has 0 amide bonds. The molecule has 0 aliphatic carbocycles. The summed E-state index contributed by atoms with van der Waals surface area (Å²) < 4.78 is 5.78. The van der Waals surface area contributed by atoms with Crippen molar-refractivity contribution in [2.45, 2.75) is 0 Å². The van der Waals surface area contributed by atoms with Gasteiger partial charge in [0.15, 0.2) is 11.5 Å². The van der Waals surface area contributed by atoms with Gasteiger partial charge in [-0.2, -0.15) is 0 Å². The maximum Gasteiger partial charge on any atom is 0.221 e. The smallest absolute Gasteiger partial charge is 0.221 e. The number of hydrogen-bond acceptors (Lipinski definition) is 3. The zero-order chi connectivity index (χ0) is 12.1. The number of benzene rings is 1. The van der Waals surface area contributed by atoms with Gasteiger partial charge in [0, 0.05) is 4.47 Å². The van der Waals surface area contributed by atoms with Crippen LogP contribution in [0.15, 0.2) is 16.6 Å². The number of aromatic hydroxyl groups is 1. The fourth-order valence-electron chi connectivity index (χ4n) is 1.05. The van der Waals surface area contributed by atoms with Crippen molar-refractivity contribution >= 4 is 39.5 Å². The second-order valence-corrected chi connectivity index (χ2v) is 4.18. The SMILES string of the molecule is COc1cc(Br)cc(C=[NH+]NC(N)=S)c1O. The minimum Gasteiger partial charge on any atom is -0.504 e. The zero-order valence-corrected chi connectivity index (χ0v) is 10.9. The third-order valence-corrected chi connectivity index (χ3v) is 2.27. The third kappa shape index (κ3) is 3.35. The minimum absolute atomic E-state index is 0.0305. The van der Waals surface area contributed by atoms with Gasteiger partial charge in [-0.25, -0.2) is 0 Å². The van der Waals surface area contributed by atoms with Gasteiger partial charge in [-0.15, -0.1) is 10.5 Å². The number of hydrogen-bond donors (Lipinski definition) is 4. The van der Waals surface area contributed by atoms with Crippen LogP contribution >= 0.6 is 28.1 Å². The molecule has 5 N–H and O–H groups in total. The number of thiocarbonyl (C=S) groups is 1. The lowest BCUT2D eigenvalue weighted by Gasteiger charge is -2.05. The molecule has 1 aromatic rings. The van der Waals surface area contributed by atoms with Gasteiger partial charge in [0.2, 0.25) is 11.3 Å². The fraction of sp³-hybridized carbons (Fsp3) is 0.111. The van der Waals surface area contributed by atoms with Gasteiger partial charge in [-0.1, -0.05) is 15.9 Å². The monoisotopic (exact) mass is 304 g/mol. The summed E-state index contributed by atoms with van der Waals surface area (Å²) in [4.78, 5) is 0. The number of hydrazone groups is 1. The van der Waals surface area contributed by atoms with Crippen LogP contribution in [0, 0.1) is 0 Å². The minimum atomic E-state index is 0.0305. The van der Waals surface area contributed by atoms with E-state index >= 15 is 0 Å². The van der Waals surface area contributed by atoms with Crippen molar-refractivity contribution in [3.8, 4) is 11.5 Å². The van der Waals surface area contributed by atoms with E-state index in [4.69, 9.17) is 10.5 Å². The number of hydrazine groups is 1.